The highest BCUT2D eigenvalue weighted by atomic mass is 35.5. The summed E-state index contributed by atoms with van der Waals surface area (Å²) in [7, 11) is -4.57. The number of anilines is 1. The lowest BCUT2D eigenvalue weighted by atomic mass is 10.2. The molecule has 22 heavy (non-hydrogen) atoms. The molecule has 2 aromatic carbocycles. The minimum absolute atomic E-state index is 0.104. The van der Waals surface area contributed by atoms with E-state index in [9.17, 15) is 22.0 Å². The molecule has 5 nitrogen and oxygen atoms in total. The molecule has 116 valence electrons. The number of hydrogen-bond donors (Lipinski definition) is 2. The summed E-state index contributed by atoms with van der Waals surface area (Å²) in [6.45, 7) is 0. The molecule has 0 fully saturated rings. The molecule has 0 saturated heterocycles. The zero-order valence-corrected chi connectivity index (χ0v) is 12.3. The van der Waals surface area contributed by atoms with Gasteiger partial charge in [0.1, 0.15) is 11.6 Å². The van der Waals surface area contributed by atoms with E-state index in [1.54, 1.807) is 0 Å². The van der Waals surface area contributed by atoms with E-state index in [0.29, 0.717) is 0 Å². The molecule has 0 unspecified atom stereocenters. The topological polar surface area (TPSA) is 83.5 Å². The van der Waals surface area contributed by atoms with Crippen molar-refractivity contribution in [1.82, 2.24) is 0 Å². The van der Waals surface area contributed by atoms with Crippen LogP contribution in [-0.4, -0.2) is 19.5 Å². The van der Waals surface area contributed by atoms with Crippen LogP contribution in [0, 0.1) is 11.6 Å². The van der Waals surface area contributed by atoms with Gasteiger partial charge in [0.25, 0.3) is 10.0 Å². The Morgan fingerprint density at radius 1 is 1.14 bits per heavy atom. The Labute approximate surface area is 129 Å². The first-order valence-electron chi connectivity index (χ1n) is 5.72. The highest BCUT2D eigenvalue weighted by Crippen LogP contribution is 2.25. The molecule has 0 aromatic heterocycles. The smallest absolute Gasteiger partial charge is 0.337 e. The van der Waals surface area contributed by atoms with Crippen molar-refractivity contribution in [3.63, 3.8) is 0 Å². The van der Waals surface area contributed by atoms with Crippen LogP contribution in [0.15, 0.2) is 41.3 Å². The van der Waals surface area contributed by atoms with Crippen molar-refractivity contribution in [2.75, 3.05) is 4.72 Å². The SMILES string of the molecule is O=C(O)c1cc(NS(=O)(=O)c2c(F)cccc2F)ccc1Cl. The molecule has 2 rings (SSSR count). The summed E-state index contributed by atoms with van der Waals surface area (Å²) in [5, 5.41) is 8.81. The molecular formula is C13H8ClF2NO4S. The molecule has 2 N–H and O–H groups in total. The predicted molar refractivity (Wildman–Crippen MR) is 75.6 cm³/mol. The normalized spacial score (nSPS) is 11.2. The Hall–Kier alpha value is -2.19. The van der Waals surface area contributed by atoms with Crippen molar-refractivity contribution in [2.45, 2.75) is 4.90 Å². The summed E-state index contributed by atoms with van der Waals surface area (Å²) >= 11 is 5.65. The van der Waals surface area contributed by atoms with E-state index < -0.39 is 32.5 Å². The summed E-state index contributed by atoms with van der Waals surface area (Å²) in [6, 6.07) is 5.88. The maximum Gasteiger partial charge on any atom is 0.337 e. The van der Waals surface area contributed by atoms with Crippen molar-refractivity contribution < 1.29 is 27.1 Å². The number of benzene rings is 2. The molecule has 0 bridgehead atoms. The number of rotatable bonds is 4. The third-order valence-corrected chi connectivity index (χ3v) is 4.40. The molecule has 0 aliphatic rings. The Morgan fingerprint density at radius 3 is 2.27 bits per heavy atom. The average molecular weight is 348 g/mol. The molecular weight excluding hydrogens is 340 g/mol. The molecule has 0 aliphatic heterocycles. The summed E-state index contributed by atoms with van der Waals surface area (Å²) in [4.78, 5) is 9.79. The van der Waals surface area contributed by atoms with Gasteiger partial charge in [-0.1, -0.05) is 17.7 Å². The lowest BCUT2D eigenvalue weighted by Gasteiger charge is -2.10. The van der Waals surface area contributed by atoms with E-state index in [1.165, 1.54) is 6.07 Å². The van der Waals surface area contributed by atoms with Gasteiger partial charge in [0.05, 0.1) is 10.6 Å². The second-order valence-corrected chi connectivity index (χ2v) is 6.18. The first-order chi connectivity index (χ1) is 10.2. The van der Waals surface area contributed by atoms with Crippen LogP contribution < -0.4 is 4.72 Å². The number of carboxylic acids is 1. The number of aromatic carboxylic acids is 1. The molecule has 0 saturated carbocycles. The molecule has 2 aromatic rings. The number of halogens is 3. The van der Waals surface area contributed by atoms with Crippen LogP contribution in [0.1, 0.15) is 10.4 Å². The first kappa shape index (κ1) is 16.2. The van der Waals surface area contributed by atoms with Crippen LogP contribution in [0.5, 0.6) is 0 Å². The number of carbonyl (C=O) groups is 1. The maximum atomic E-state index is 13.5. The van der Waals surface area contributed by atoms with Crippen LogP contribution in [0.3, 0.4) is 0 Å². The maximum absolute atomic E-state index is 13.5. The summed E-state index contributed by atoms with van der Waals surface area (Å²) in [6.07, 6.45) is 0. The Bertz CT molecular complexity index is 835. The number of hydrogen-bond acceptors (Lipinski definition) is 3. The highest BCUT2D eigenvalue weighted by Gasteiger charge is 2.24. The zero-order chi connectivity index (χ0) is 16.5. The minimum Gasteiger partial charge on any atom is -0.478 e. The van der Waals surface area contributed by atoms with Crippen LogP contribution in [0.25, 0.3) is 0 Å². The third-order valence-electron chi connectivity index (χ3n) is 2.64. The van der Waals surface area contributed by atoms with Crippen molar-refractivity contribution in [3.8, 4) is 0 Å². The number of carboxylic acid groups (broad SMARTS) is 1. The summed E-state index contributed by atoms with van der Waals surface area (Å²) in [5.41, 5.74) is -0.541. The number of nitrogens with one attached hydrogen (secondary N) is 1. The molecule has 0 radical (unpaired) electrons. The molecule has 0 aliphatic carbocycles. The lowest BCUT2D eigenvalue weighted by molar-refractivity contribution is 0.0697. The first-order valence-corrected chi connectivity index (χ1v) is 7.58. The molecule has 0 amide bonds. The minimum atomic E-state index is -4.57. The molecule has 0 atom stereocenters. The van der Waals surface area contributed by atoms with Gasteiger partial charge in [-0.05, 0) is 30.3 Å². The van der Waals surface area contributed by atoms with Gasteiger partial charge in [-0.25, -0.2) is 22.0 Å². The third kappa shape index (κ3) is 3.18. The molecule has 0 heterocycles. The van der Waals surface area contributed by atoms with Crippen LogP contribution in [-0.2, 0) is 10.0 Å². The Balaban J connectivity index is 2.46. The van der Waals surface area contributed by atoms with Crippen LogP contribution in [0.4, 0.5) is 14.5 Å². The van der Waals surface area contributed by atoms with Gasteiger partial charge in [-0.3, -0.25) is 4.72 Å². The van der Waals surface area contributed by atoms with Crippen molar-refractivity contribution in [1.29, 1.82) is 0 Å². The highest BCUT2D eigenvalue weighted by molar-refractivity contribution is 7.92. The van der Waals surface area contributed by atoms with E-state index >= 15 is 0 Å². The van der Waals surface area contributed by atoms with E-state index in [2.05, 4.69) is 0 Å². The van der Waals surface area contributed by atoms with E-state index in [1.807, 2.05) is 4.72 Å². The monoisotopic (exact) mass is 347 g/mol. The van der Waals surface area contributed by atoms with Crippen LogP contribution in [0.2, 0.25) is 5.02 Å². The fourth-order valence-electron chi connectivity index (χ4n) is 1.70. The fraction of sp³-hybridized carbons (Fsp3) is 0. The Kier molecular flexibility index (Phi) is 4.34. The van der Waals surface area contributed by atoms with Crippen molar-refractivity contribution in [2.24, 2.45) is 0 Å². The van der Waals surface area contributed by atoms with E-state index in [4.69, 9.17) is 16.7 Å². The fourth-order valence-corrected chi connectivity index (χ4v) is 3.09. The van der Waals surface area contributed by atoms with Gasteiger partial charge in [-0.2, -0.15) is 0 Å². The second kappa shape index (κ2) is 5.90. The second-order valence-electron chi connectivity index (χ2n) is 4.16. The standard InChI is InChI=1S/C13H8ClF2NO4S/c14-9-5-4-7(6-8(9)13(18)19)17-22(20,21)12-10(15)2-1-3-11(12)16/h1-6,17H,(H,18,19). The number of sulfonamides is 1. The quantitative estimate of drug-likeness (QED) is 0.890. The zero-order valence-electron chi connectivity index (χ0n) is 10.7. The van der Waals surface area contributed by atoms with E-state index in [0.717, 1.165) is 30.3 Å². The van der Waals surface area contributed by atoms with Gasteiger partial charge < -0.3 is 5.11 Å². The van der Waals surface area contributed by atoms with Gasteiger partial charge in [-0.15, -0.1) is 0 Å². The van der Waals surface area contributed by atoms with Gasteiger partial charge in [0.2, 0.25) is 0 Å². The Morgan fingerprint density at radius 2 is 1.73 bits per heavy atom. The van der Waals surface area contributed by atoms with Crippen LogP contribution >= 0.6 is 11.6 Å². The predicted octanol–water partition coefficient (Wildman–Crippen LogP) is 3.12. The molecule has 9 heteroatoms. The molecule has 0 spiro atoms. The summed E-state index contributed by atoms with van der Waals surface area (Å²) < 4.78 is 53.1. The van der Waals surface area contributed by atoms with Crippen molar-refractivity contribution >= 4 is 33.3 Å². The van der Waals surface area contributed by atoms with Gasteiger partial charge >= 0.3 is 5.97 Å². The van der Waals surface area contributed by atoms with Gasteiger partial charge in [0, 0.05) is 5.69 Å². The van der Waals surface area contributed by atoms with E-state index in [-0.39, 0.29) is 16.3 Å². The van der Waals surface area contributed by atoms with Gasteiger partial charge in [0.15, 0.2) is 4.90 Å². The van der Waals surface area contributed by atoms with Crippen molar-refractivity contribution in [3.05, 3.63) is 58.6 Å². The lowest BCUT2D eigenvalue weighted by Crippen LogP contribution is -2.16. The average Bonchev–Trinajstić information content (AvgIpc) is 2.39. The summed E-state index contributed by atoms with van der Waals surface area (Å²) in [5.74, 6) is -3.90. The largest absolute Gasteiger partial charge is 0.478 e.